The van der Waals surface area contributed by atoms with E-state index in [0.29, 0.717) is 24.2 Å². The molecule has 0 aliphatic heterocycles. The Morgan fingerprint density at radius 2 is 1.95 bits per heavy atom. The number of halogens is 1. The second kappa shape index (κ2) is 6.69. The molecule has 20 heavy (non-hydrogen) atoms. The normalized spacial score (nSPS) is 10.2. The van der Waals surface area contributed by atoms with Crippen molar-refractivity contribution in [3.8, 4) is 6.07 Å². The maximum absolute atomic E-state index is 13.1. The molecule has 3 nitrogen and oxygen atoms in total. The summed E-state index contributed by atoms with van der Waals surface area (Å²) in [5, 5.41) is 8.94. The average molecular weight is 270 g/mol. The largest absolute Gasteiger partial charge is 0.399 e. The summed E-state index contributed by atoms with van der Waals surface area (Å²) in [7, 11) is 0. The lowest BCUT2D eigenvalue weighted by atomic mass is 10.1. The quantitative estimate of drug-likeness (QED) is 0.671. The molecular weight excluding hydrogens is 255 g/mol. The van der Waals surface area contributed by atoms with Crippen LogP contribution in [-0.4, -0.2) is 6.61 Å². The molecule has 102 valence electrons. The van der Waals surface area contributed by atoms with Crippen LogP contribution in [0.1, 0.15) is 16.7 Å². The van der Waals surface area contributed by atoms with Gasteiger partial charge in [0.05, 0.1) is 24.8 Å². The van der Waals surface area contributed by atoms with Gasteiger partial charge in [0.15, 0.2) is 0 Å². The van der Waals surface area contributed by atoms with Crippen LogP contribution in [0.2, 0.25) is 0 Å². The highest BCUT2D eigenvalue weighted by molar-refractivity contribution is 5.46. The fraction of sp³-hybridized carbons (Fsp3) is 0.188. The number of nitriles is 1. The summed E-state index contributed by atoms with van der Waals surface area (Å²) in [6.45, 7) is 0.684. The minimum Gasteiger partial charge on any atom is -0.399 e. The Morgan fingerprint density at radius 1 is 1.15 bits per heavy atom. The van der Waals surface area contributed by atoms with Crippen LogP contribution in [0.25, 0.3) is 0 Å². The number of anilines is 1. The Kier molecular flexibility index (Phi) is 4.70. The molecule has 2 rings (SSSR count). The van der Waals surface area contributed by atoms with Crippen LogP contribution >= 0.6 is 0 Å². The van der Waals surface area contributed by atoms with Gasteiger partial charge in [-0.05, 0) is 41.8 Å². The van der Waals surface area contributed by atoms with Gasteiger partial charge in [0.2, 0.25) is 0 Å². The fourth-order valence-corrected chi connectivity index (χ4v) is 1.92. The van der Waals surface area contributed by atoms with Crippen molar-refractivity contribution in [1.29, 1.82) is 5.26 Å². The van der Waals surface area contributed by atoms with E-state index in [1.807, 2.05) is 30.3 Å². The third-order valence-electron chi connectivity index (χ3n) is 3.02. The molecule has 0 unspecified atom stereocenters. The maximum atomic E-state index is 13.1. The van der Waals surface area contributed by atoms with Gasteiger partial charge in [0.25, 0.3) is 0 Å². The van der Waals surface area contributed by atoms with Gasteiger partial charge in [-0.2, -0.15) is 5.26 Å². The van der Waals surface area contributed by atoms with Crippen molar-refractivity contribution < 1.29 is 9.13 Å². The maximum Gasteiger partial charge on any atom is 0.123 e. The molecule has 0 fully saturated rings. The second-order valence-electron chi connectivity index (χ2n) is 4.41. The molecule has 0 radical (unpaired) electrons. The standard InChI is InChI=1S/C16H15FN2O/c17-15-6-5-13(10-18)14(9-15)11-20-8-7-12-3-1-2-4-16(12)19/h1-6,9H,7-8,11,19H2. The van der Waals surface area contributed by atoms with Crippen LogP contribution in [0.5, 0.6) is 0 Å². The van der Waals surface area contributed by atoms with Gasteiger partial charge in [-0.1, -0.05) is 18.2 Å². The third kappa shape index (κ3) is 3.56. The molecule has 0 spiro atoms. The number of hydrogen-bond acceptors (Lipinski definition) is 3. The summed E-state index contributed by atoms with van der Waals surface area (Å²) in [5.41, 5.74) is 8.59. The number of hydrogen-bond donors (Lipinski definition) is 1. The van der Waals surface area contributed by atoms with Crippen molar-refractivity contribution in [3.63, 3.8) is 0 Å². The van der Waals surface area contributed by atoms with E-state index >= 15 is 0 Å². The monoisotopic (exact) mass is 270 g/mol. The highest BCUT2D eigenvalue weighted by Crippen LogP contribution is 2.14. The Morgan fingerprint density at radius 3 is 2.70 bits per heavy atom. The van der Waals surface area contributed by atoms with E-state index in [1.165, 1.54) is 18.2 Å². The topological polar surface area (TPSA) is 59.0 Å². The highest BCUT2D eigenvalue weighted by atomic mass is 19.1. The van der Waals surface area contributed by atoms with Gasteiger partial charge in [-0.15, -0.1) is 0 Å². The van der Waals surface area contributed by atoms with Crippen molar-refractivity contribution in [2.45, 2.75) is 13.0 Å². The number of para-hydroxylation sites is 1. The molecule has 0 heterocycles. The second-order valence-corrected chi connectivity index (χ2v) is 4.41. The third-order valence-corrected chi connectivity index (χ3v) is 3.02. The van der Waals surface area contributed by atoms with E-state index in [4.69, 9.17) is 15.7 Å². The molecule has 0 aromatic heterocycles. The molecule has 0 saturated carbocycles. The van der Waals surface area contributed by atoms with E-state index < -0.39 is 0 Å². The molecular formula is C16H15FN2O. The summed E-state index contributed by atoms with van der Waals surface area (Å²) in [6.07, 6.45) is 0.684. The lowest BCUT2D eigenvalue weighted by molar-refractivity contribution is 0.123. The number of rotatable bonds is 5. The van der Waals surface area contributed by atoms with Gasteiger partial charge in [-0.25, -0.2) is 4.39 Å². The van der Waals surface area contributed by atoms with E-state index in [0.717, 1.165) is 11.3 Å². The van der Waals surface area contributed by atoms with Gasteiger partial charge >= 0.3 is 0 Å². The number of nitrogen functional groups attached to an aromatic ring is 1. The first kappa shape index (κ1) is 14.0. The molecule has 0 bridgehead atoms. The van der Waals surface area contributed by atoms with Crippen LogP contribution in [0, 0.1) is 17.1 Å². The minimum atomic E-state index is -0.366. The van der Waals surface area contributed by atoms with Crippen LogP contribution in [-0.2, 0) is 17.8 Å². The summed E-state index contributed by atoms with van der Waals surface area (Å²) in [6, 6.07) is 13.7. The zero-order valence-electron chi connectivity index (χ0n) is 11.0. The van der Waals surface area contributed by atoms with Crippen molar-refractivity contribution in [1.82, 2.24) is 0 Å². The average Bonchev–Trinajstić information content (AvgIpc) is 2.45. The SMILES string of the molecule is N#Cc1ccc(F)cc1COCCc1ccccc1N. The van der Waals surface area contributed by atoms with Crippen LogP contribution < -0.4 is 5.73 Å². The van der Waals surface area contributed by atoms with Gasteiger partial charge in [-0.3, -0.25) is 0 Å². The first-order valence-electron chi connectivity index (χ1n) is 6.30. The fourth-order valence-electron chi connectivity index (χ4n) is 1.92. The first-order chi connectivity index (χ1) is 9.70. The first-order valence-corrected chi connectivity index (χ1v) is 6.30. The molecule has 2 aromatic rings. The van der Waals surface area contributed by atoms with E-state index in [-0.39, 0.29) is 12.4 Å². The van der Waals surface area contributed by atoms with Gasteiger partial charge in [0.1, 0.15) is 5.82 Å². The smallest absolute Gasteiger partial charge is 0.123 e. The molecule has 0 saturated heterocycles. The number of benzene rings is 2. The van der Waals surface area contributed by atoms with Crippen LogP contribution in [0.3, 0.4) is 0 Å². The van der Waals surface area contributed by atoms with Crippen molar-refractivity contribution in [2.75, 3.05) is 12.3 Å². The number of ether oxygens (including phenoxy) is 1. The summed E-state index contributed by atoms with van der Waals surface area (Å²) in [4.78, 5) is 0. The van der Waals surface area contributed by atoms with E-state index in [2.05, 4.69) is 0 Å². The van der Waals surface area contributed by atoms with Crippen LogP contribution in [0.4, 0.5) is 10.1 Å². The summed E-state index contributed by atoms with van der Waals surface area (Å²) >= 11 is 0. The zero-order valence-corrected chi connectivity index (χ0v) is 11.0. The van der Waals surface area contributed by atoms with E-state index in [1.54, 1.807) is 0 Å². The summed E-state index contributed by atoms with van der Waals surface area (Å²) < 4.78 is 18.6. The lowest BCUT2D eigenvalue weighted by Crippen LogP contribution is -2.03. The Bertz CT molecular complexity index is 635. The number of nitrogens with two attached hydrogens (primary N) is 1. The molecule has 2 aromatic carbocycles. The Hall–Kier alpha value is -2.38. The molecule has 0 aliphatic rings. The van der Waals surface area contributed by atoms with Crippen molar-refractivity contribution in [2.24, 2.45) is 0 Å². The predicted octanol–water partition coefficient (Wildman–Crippen LogP) is 3.04. The predicted molar refractivity (Wildman–Crippen MR) is 75.3 cm³/mol. The highest BCUT2D eigenvalue weighted by Gasteiger charge is 2.04. The van der Waals surface area contributed by atoms with Crippen LogP contribution in [0.15, 0.2) is 42.5 Å². The lowest BCUT2D eigenvalue weighted by Gasteiger charge is -2.08. The van der Waals surface area contributed by atoms with Crippen molar-refractivity contribution >= 4 is 5.69 Å². The Balaban J connectivity index is 1.89. The minimum absolute atomic E-state index is 0.216. The molecule has 0 atom stereocenters. The zero-order chi connectivity index (χ0) is 14.4. The molecule has 2 N–H and O–H groups in total. The van der Waals surface area contributed by atoms with E-state index in [9.17, 15) is 4.39 Å². The molecule has 0 amide bonds. The summed E-state index contributed by atoms with van der Waals surface area (Å²) in [5.74, 6) is -0.366. The molecule has 0 aliphatic carbocycles. The number of nitrogens with zero attached hydrogens (tertiary/aromatic N) is 1. The van der Waals surface area contributed by atoms with Gasteiger partial charge in [0, 0.05) is 5.69 Å². The van der Waals surface area contributed by atoms with Gasteiger partial charge < -0.3 is 10.5 Å². The molecule has 4 heteroatoms. The Labute approximate surface area is 117 Å². The van der Waals surface area contributed by atoms with Crippen molar-refractivity contribution in [3.05, 3.63) is 65.0 Å².